The van der Waals surface area contributed by atoms with Crippen LogP contribution in [0.25, 0.3) is 10.9 Å². The summed E-state index contributed by atoms with van der Waals surface area (Å²) in [6.07, 6.45) is 2.96. The lowest BCUT2D eigenvalue weighted by molar-refractivity contribution is -0.156. The zero-order chi connectivity index (χ0) is 72.2. The van der Waals surface area contributed by atoms with Crippen LogP contribution in [0.2, 0.25) is 0 Å². The van der Waals surface area contributed by atoms with Crippen LogP contribution in [-0.2, 0) is 70.3 Å². The summed E-state index contributed by atoms with van der Waals surface area (Å²) < 4.78 is 5.91. The second-order valence-electron chi connectivity index (χ2n) is 25.7. The molecule has 1 aliphatic heterocycles. The Morgan fingerprint density at radius 2 is 1.16 bits per heavy atom. The molecule has 17 atom stereocenters. The molecule has 538 valence electrons. The smallest absolute Gasteiger partial charge is 0.323 e. The molecular weight excluding hydrogens is 1250 g/mol. The number of carbonyl (C=O) groups is 11. The van der Waals surface area contributed by atoms with Gasteiger partial charge in [-0.25, -0.2) is 0 Å². The molecule has 2 aromatic carbocycles. The molecule has 1 aromatic heterocycles. The minimum Gasteiger partial charge on any atom is -0.459 e. The maximum Gasteiger partial charge on any atom is 0.323 e. The highest BCUT2D eigenvalue weighted by Crippen LogP contribution is 2.22. The van der Waals surface area contributed by atoms with Gasteiger partial charge in [-0.3, -0.25) is 63.5 Å². The van der Waals surface area contributed by atoms with Crippen molar-refractivity contribution in [3.8, 4) is 0 Å². The van der Waals surface area contributed by atoms with Gasteiger partial charge in [-0.2, -0.15) is 0 Å². The summed E-state index contributed by atoms with van der Waals surface area (Å²) in [5.74, 6) is -11.1. The van der Waals surface area contributed by atoms with E-state index in [1.54, 1.807) is 47.9 Å². The number of fused-ring (bicyclic) bond motifs is 1. The first kappa shape index (κ1) is 80.7. The molecule has 3 aromatic rings. The molecular formula is C68H108N16O13. The first-order valence-electron chi connectivity index (χ1n) is 34.0. The Hall–Kier alpha value is -8.70. The largest absolute Gasteiger partial charge is 0.459 e. The van der Waals surface area contributed by atoms with E-state index >= 15 is 0 Å². The Kier molecular flexibility index (Phi) is 33.4. The SMILES string of the molecule is CC[C@H](C)[C@H](NC(=O)[C@@H](Cc1ccccc1)NC)C(=O)N[C@@H](Cc1c[nH]c2ccccc12)C(=O)N[C@H](CCC(N)=O)C(=O)N[C@@H](C(=O)N[C@H](C(=O)N[C@@H](CO)C(=O)N[C@H]1C(=O)N[C@@H](C)C(=O)N[C@@H](CCCCNC(=N)N)C(C)N[C@@H]([C@@H](C)CC)C(=O)O[C@H]1C)[C@@H](C)CC)[C@@H](C)CC. The number of aromatic nitrogens is 1. The summed E-state index contributed by atoms with van der Waals surface area (Å²) in [6.45, 7) is 18.2. The van der Waals surface area contributed by atoms with E-state index in [4.69, 9.17) is 21.6 Å². The highest BCUT2D eigenvalue weighted by Gasteiger charge is 2.41. The van der Waals surface area contributed by atoms with Crippen molar-refractivity contribution < 1.29 is 62.6 Å². The predicted molar refractivity (Wildman–Crippen MR) is 367 cm³/mol. The second-order valence-corrected chi connectivity index (χ2v) is 25.7. The Morgan fingerprint density at radius 1 is 0.629 bits per heavy atom. The zero-order valence-electron chi connectivity index (χ0n) is 58.3. The van der Waals surface area contributed by atoms with Crippen LogP contribution in [-0.4, -0.2) is 180 Å². The van der Waals surface area contributed by atoms with E-state index in [-0.39, 0.29) is 31.1 Å². The lowest BCUT2D eigenvalue weighted by atomic mass is 9.94. The number of rotatable bonds is 36. The third kappa shape index (κ3) is 24.7. The van der Waals surface area contributed by atoms with Crippen LogP contribution >= 0.6 is 0 Å². The van der Waals surface area contributed by atoms with Crippen molar-refractivity contribution in [3.05, 3.63) is 71.9 Å². The summed E-state index contributed by atoms with van der Waals surface area (Å²) in [6, 6.07) is 2.42. The summed E-state index contributed by atoms with van der Waals surface area (Å²) in [4.78, 5) is 159. The van der Waals surface area contributed by atoms with Gasteiger partial charge < -0.3 is 84.8 Å². The number of ether oxygens (including phenoxy) is 1. The van der Waals surface area contributed by atoms with Gasteiger partial charge in [-0.05, 0) is 101 Å². The third-order valence-corrected chi connectivity index (χ3v) is 18.4. The van der Waals surface area contributed by atoms with Gasteiger partial charge in [0.05, 0.1) is 12.6 Å². The molecule has 1 fully saturated rings. The minimum atomic E-state index is -1.78. The number of H-pyrrole nitrogens is 1. The van der Waals surface area contributed by atoms with Crippen LogP contribution in [0.5, 0.6) is 0 Å². The second kappa shape index (κ2) is 40.1. The highest BCUT2D eigenvalue weighted by molar-refractivity contribution is 5.99. The normalized spacial score (nSPS) is 21.1. The monoisotopic (exact) mass is 1360 g/mol. The lowest BCUT2D eigenvalue weighted by Gasteiger charge is -2.32. The number of benzene rings is 2. The Bertz CT molecular complexity index is 3130. The fraction of sp³-hybridized carbons (Fsp3) is 0.618. The molecule has 4 rings (SSSR count). The van der Waals surface area contributed by atoms with Gasteiger partial charge in [-0.1, -0.05) is 130 Å². The number of guanidine groups is 1. The van der Waals surface area contributed by atoms with Crippen molar-refractivity contribution in [2.24, 2.45) is 35.1 Å². The molecule has 1 unspecified atom stereocenters. The van der Waals surface area contributed by atoms with Crippen LogP contribution < -0.4 is 75.3 Å². The standard InChI is InChI=1S/C68H108N16O13/c1-13-36(5)53(82-60(89)49(72-12)32-43-24-18-17-19-25-43)63(92)79-50(33-44-34-74-47-28-21-20-26-45(44)47)61(90)78-48(29-30-52(69)86)59(88)81-55(38(7)15-3)65(94)83-54(37(6)14-2)64(93)80-51(35-85)62(91)84-57-42(11)97-67(96)56(39(8)16-4)75-40(9)46(27-22-23-31-73-68(70)71)77-58(87)41(10)76-66(57)95/h17-21,24-26,28,34,36-42,46,48-51,53-57,72,74-75,85H,13-16,22-23,27,29-33,35H2,1-12H3,(H2,69,86)(H,76,95)(H,77,87)(H,78,90)(H,79,92)(H,80,93)(H,81,88)(H,82,89)(H,83,94)(H,84,91)(H4,70,71,73)/t36-,37-,38-,39-,40?,41-,42-,46-,48+,49+,50-,51-,53-,54-,55+,56-,57+/m0/s1. The average molecular weight is 1360 g/mol. The number of aliphatic hydroxyl groups excluding tert-OH is 1. The van der Waals surface area contributed by atoms with Crippen LogP contribution in [0.3, 0.4) is 0 Å². The maximum absolute atomic E-state index is 14.9. The van der Waals surface area contributed by atoms with Crippen molar-refractivity contribution in [1.82, 2.24) is 68.8 Å². The van der Waals surface area contributed by atoms with E-state index in [1.165, 1.54) is 13.8 Å². The van der Waals surface area contributed by atoms with E-state index in [1.807, 2.05) is 82.3 Å². The average Bonchev–Trinajstić information content (AvgIpc) is 1.76. The molecule has 97 heavy (non-hydrogen) atoms. The molecule has 2 heterocycles. The Morgan fingerprint density at radius 3 is 1.72 bits per heavy atom. The highest BCUT2D eigenvalue weighted by atomic mass is 16.5. The van der Waals surface area contributed by atoms with Gasteiger partial charge in [0, 0.05) is 48.6 Å². The number of cyclic esters (lactones) is 1. The van der Waals surface area contributed by atoms with Crippen molar-refractivity contribution in [2.45, 2.75) is 225 Å². The molecule has 1 saturated heterocycles. The number of nitrogens with two attached hydrogens (primary N) is 2. The van der Waals surface area contributed by atoms with Crippen molar-refractivity contribution in [1.29, 1.82) is 5.41 Å². The number of likely N-dealkylation sites (N-methyl/N-ethyl adjacent to an activating group) is 1. The molecule has 1 aliphatic rings. The Balaban J connectivity index is 1.60. The van der Waals surface area contributed by atoms with Gasteiger partial charge in [0.25, 0.3) is 0 Å². The Labute approximate surface area is 569 Å². The number of hydrogen-bond donors (Lipinski definition) is 17. The van der Waals surface area contributed by atoms with E-state index in [0.717, 1.165) is 16.5 Å². The van der Waals surface area contributed by atoms with E-state index in [2.05, 4.69) is 68.8 Å². The number of esters is 1. The fourth-order valence-electron chi connectivity index (χ4n) is 11.2. The quantitative estimate of drug-likeness (QED) is 0.0161. The van der Waals surface area contributed by atoms with E-state index in [9.17, 15) is 57.8 Å². The summed E-state index contributed by atoms with van der Waals surface area (Å²) in [5, 5.41) is 52.4. The number of aliphatic hydroxyl groups is 1. The third-order valence-electron chi connectivity index (χ3n) is 18.4. The number of primary amides is 1. The van der Waals surface area contributed by atoms with E-state index < -0.39 is 174 Å². The molecule has 10 amide bonds. The molecule has 0 aliphatic carbocycles. The first-order chi connectivity index (χ1) is 46.0. The van der Waals surface area contributed by atoms with Gasteiger partial charge in [0.15, 0.2) is 5.96 Å². The number of hydrogen-bond acceptors (Lipinski definition) is 16. The number of carbonyl (C=O) groups excluding carboxylic acids is 11. The maximum atomic E-state index is 14.9. The van der Waals surface area contributed by atoms with Gasteiger partial charge in [0.2, 0.25) is 59.1 Å². The molecule has 0 saturated carbocycles. The molecule has 19 N–H and O–H groups in total. The first-order valence-corrected chi connectivity index (χ1v) is 34.0. The number of nitrogens with one attached hydrogen (secondary N) is 14. The van der Waals surface area contributed by atoms with Gasteiger partial charge >= 0.3 is 5.97 Å². The summed E-state index contributed by atoms with van der Waals surface area (Å²) >= 11 is 0. The van der Waals surface area contributed by atoms with Crippen molar-refractivity contribution >= 4 is 81.9 Å². The molecule has 0 spiro atoms. The minimum absolute atomic E-state index is 0.109. The topological polar surface area (TPSA) is 453 Å². The fourth-order valence-corrected chi connectivity index (χ4v) is 11.2. The summed E-state index contributed by atoms with van der Waals surface area (Å²) in [7, 11) is 1.64. The lowest BCUT2D eigenvalue weighted by Crippen LogP contribution is -2.63. The molecule has 0 bridgehead atoms. The number of aromatic amines is 1. The number of para-hydroxylation sites is 1. The number of unbranched alkanes of at least 4 members (excludes halogenated alkanes) is 1. The van der Waals surface area contributed by atoms with Crippen LogP contribution in [0.1, 0.15) is 145 Å². The van der Waals surface area contributed by atoms with Gasteiger partial charge in [0.1, 0.15) is 60.5 Å². The van der Waals surface area contributed by atoms with Crippen molar-refractivity contribution in [3.63, 3.8) is 0 Å². The van der Waals surface area contributed by atoms with Crippen LogP contribution in [0.15, 0.2) is 60.8 Å². The van der Waals surface area contributed by atoms with Crippen molar-refractivity contribution in [2.75, 3.05) is 20.2 Å². The predicted octanol–water partition coefficient (Wildman–Crippen LogP) is 0.312. The van der Waals surface area contributed by atoms with Crippen LogP contribution in [0.4, 0.5) is 0 Å². The van der Waals surface area contributed by atoms with Crippen LogP contribution in [0, 0.1) is 29.1 Å². The molecule has 29 nitrogen and oxygen atoms in total. The van der Waals surface area contributed by atoms with E-state index in [0.29, 0.717) is 57.1 Å². The summed E-state index contributed by atoms with van der Waals surface area (Å²) in [5.41, 5.74) is 13.3. The molecule has 0 radical (unpaired) electrons. The number of amides is 10. The zero-order valence-corrected chi connectivity index (χ0v) is 58.3. The molecule has 29 heteroatoms. The van der Waals surface area contributed by atoms with Gasteiger partial charge in [-0.15, -0.1) is 0 Å².